The first kappa shape index (κ1) is 6.02. The quantitative estimate of drug-likeness (QED) is 0.605. The molecule has 2 aromatic heterocycles. The zero-order chi connectivity index (χ0) is 7.52. The Morgan fingerprint density at radius 3 is 3.09 bits per heavy atom. The molecule has 0 aliphatic rings. The van der Waals surface area contributed by atoms with E-state index < -0.39 is 0 Å². The van der Waals surface area contributed by atoms with Crippen molar-refractivity contribution < 1.29 is 0 Å². The Hall–Kier alpha value is -1.72. The number of aromatic amines is 2. The van der Waals surface area contributed by atoms with Crippen LogP contribution < -0.4 is 0 Å². The van der Waals surface area contributed by atoms with Crippen molar-refractivity contribution in [2.24, 2.45) is 0 Å². The van der Waals surface area contributed by atoms with Crippen LogP contribution in [-0.2, 0) is 6.42 Å². The lowest BCUT2D eigenvalue weighted by Gasteiger charge is -1.86. The van der Waals surface area contributed by atoms with Crippen molar-refractivity contribution in [3.63, 3.8) is 0 Å². The van der Waals surface area contributed by atoms with Gasteiger partial charge in [-0.25, -0.2) is 4.98 Å². The van der Waals surface area contributed by atoms with E-state index in [0.29, 0.717) is 12.2 Å². The van der Waals surface area contributed by atoms with Crippen molar-refractivity contribution in [3.8, 4) is 0 Å². The third-order valence-corrected chi connectivity index (χ3v) is 1.27. The van der Waals surface area contributed by atoms with Gasteiger partial charge in [-0.2, -0.15) is 5.21 Å². The highest BCUT2D eigenvalue weighted by molar-refractivity contribution is 4.96. The van der Waals surface area contributed by atoms with Crippen molar-refractivity contribution in [2.75, 3.05) is 0 Å². The van der Waals surface area contributed by atoms with Gasteiger partial charge in [0.1, 0.15) is 5.82 Å². The minimum Gasteiger partial charge on any atom is -0.348 e. The average molecular weight is 150 g/mol. The summed E-state index contributed by atoms with van der Waals surface area (Å²) in [6.07, 6.45) is 4.04. The number of nitrogens with one attached hydrogen (secondary N) is 2. The molecule has 2 N–H and O–H groups in total. The van der Waals surface area contributed by atoms with E-state index >= 15 is 0 Å². The number of hydrogen-bond acceptors (Lipinski definition) is 4. The summed E-state index contributed by atoms with van der Waals surface area (Å²) in [7, 11) is 0. The average Bonchev–Trinajstić information content (AvgIpc) is 2.60. The second-order valence-corrected chi connectivity index (χ2v) is 2.04. The maximum Gasteiger partial charge on any atom is 0.182 e. The third-order valence-electron chi connectivity index (χ3n) is 1.27. The second-order valence-electron chi connectivity index (χ2n) is 2.04. The summed E-state index contributed by atoms with van der Waals surface area (Å²) in [4.78, 5) is 6.96. The predicted molar refractivity (Wildman–Crippen MR) is 35.6 cm³/mol. The topological polar surface area (TPSA) is 83.1 Å². The second kappa shape index (κ2) is 2.49. The van der Waals surface area contributed by atoms with Gasteiger partial charge in [-0.15, -0.1) is 10.2 Å². The summed E-state index contributed by atoms with van der Waals surface area (Å²) in [6, 6.07) is 0. The van der Waals surface area contributed by atoms with Crippen LogP contribution in [0.2, 0.25) is 0 Å². The molecule has 11 heavy (non-hydrogen) atoms. The standard InChI is InChI=1S/C5H6N6/c1-2-7-4(6-1)3-5-8-10-11-9-5/h1-2H,3H2,(H,6,7)(H,8,9,10,11). The SMILES string of the molecule is c1c[nH]c(Cc2nn[nH]n2)n1. The molecule has 0 fully saturated rings. The van der Waals surface area contributed by atoms with E-state index in [4.69, 9.17) is 0 Å². The van der Waals surface area contributed by atoms with Crippen LogP contribution in [0.5, 0.6) is 0 Å². The van der Waals surface area contributed by atoms with Crippen molar-refractivity contribution >= 4 is 0 Å². The van der Waals surface area contributed by atoms with Crippen LogP contribution in [0.25, 0.3) is 0 Å². The lowest BCUT2D eigenvalue weighted by molar-refractivity contribution is 0.881. The highest BCUT2D eigenvalue weighted by Gasteiger charge is 2.00. The molecule has 56 valence electrons. The van der Waals surface area contributed by atoms with Crippen LogP contribution in [0.1, 0.15) is 11.6 Å². The molecule has 2 rings (SSSR count). The Kier molecular flexibility index (Phi) is 1.36. The zero-order valence-corrected chi connectivity index (χ0v) is 5.65. The molecule has 0 saturated carbocycles. The highest BCUT2D eigenvalue weighted by Crippen LogP contribution is 1.94. The van der Waals surface area contributed by atoms with Crippen molar-refractivity contribution in [3.05, 3.63) is 24.0 Å². The maximum absolute atomic E-state index is 4.01. The lowest BCUT2D eigenvalue weighted by Crippen LogP contribution is -1.92. The summed E-state index contributed by atoms with van der Waals surface area (Å²) in [6.45, 7) is 0. The van der Waals surface area contributed by atoms with Crippen LogP contribution in [-0.4, -0.2) is 30.6 Å². The summed E-state index contributed by atoms with van der Waals surface area (Å²) in [5, 5.41) is 13.4. The molecule has 2 heterocycles. The molecule has 2 aromatic rings. The molecular weight excluding hydrogens is 144 g/mol. The fourth-order valence-corrected chi connectivity index (χ4v) is 0.802. The van der Waals surface area contributed by atoms with Crippen molar-refractivity contribution in [2.45, 2.75) is 6.42 Å². The monoisotopic (exact) mass is 150 g/mol. The minimum absolute atomic E-state index is 0.587. The Balaban J connectivity index is 2.14. The Bertz CT molecular complexity index is 263. The van der Waals surface area contributed by atoms with Crippen LogP contribution in [0.4, 0.5) is 0 Å². The lowest BCUT2D eigenvalue weighted by atomic mass is 10.4. The van der Waals surface area contributed by atoms with E-state index in [-0.39, 0.29) is 0 Å². The molecule has 0 spiro atoms. The molecular formula is C5H6N6. The van der Waals surface area contributed by atoms with Crippen LogP contribution in [0, 0.1) is 0 Å². The highest BCUT2D eigenvalue weighted by atomic mass is 15.5. The Morgan fingerprint density at radius 1 is 1.45 bits per heavy atom. The van der Waals surface area contributed by atoms with Gasteiger partial charge >= 0.3 is 0 Å². The summed E-state index contributed by atoms with van der Waals surface area (Å²) in [5.41, 5.74) is 0. The van der Waals surface area contributed by atoms with Gasteiger partial charge in [-0.1, -0.05) is 5.21 Å². The molecule has 0 bridgehead atoms. The summed E-state index contributed by atoms with van der Waals surface area (Å²) in [5.74, 6) is 1.48. The van der Waals surface area contributed by atoms with Gasteiger partial charge in [-0.3, -0.25) is 0 Å². The fourth-order valence-electron chi connectivity index (χ4n) is 0.802. The van der Waals surface area contributed by atoms with Gasteiger partial charge in [0.2, 0.25) is 0 Å². The van der Waals surface area contributed by atoms with Gasteiger partial charge in [0.05, 0.1) is 6.42 Å². The summed E-state index contributed by atoms with van der Waals surface area (Å²) < 4.78 is 0. The molecule has 0 aliphatic heterocycles. The molecule has 0 aromatic carbocycles. The molecule has 0 atom stereocenters. The van der Waals surface area contributed by atoms with Gasteiger partial charge in [-0.05, 0) is 0 Å². The number of rotatable bonds is 2. The van der Waals surface area contributed by atoms with Gasteiger partial charge in [0.15, 0.2) is 5.82 Å². The zero-order valence-electron chi connectivity index (χ0n) is 5.65. The van der Waals surface area contributed by atoms with Gasteiger partial charge in [0, 0.05) is 12.4 Å². The maximum atomic E-state index is 4.01. The largest absolute Gasteiger partial charge is 0.348 e. The fraction of sp³-hybridized carbons (Fsp3) is 0.200. The number of nitrogens with zero attached hydrogens (tertiary/aromatic N) is 4. The third kappa shape index (κ3) is 1.23. The van der Waals surface area contributed by atoms with Crippen molar-refractivity contribution in [1.29, 1.82) is 0 Å². The van der Waals surface area contributed by atoms with Crippen molar-refractivity contribution in [1.82, 2.24) is 30.6 Å². The molecule has 6 nitrogen and oxygen atoms in total. The first-order valence-electron chi connectivity index (χ1n) is 3.16. The molecule has 0 aliphatic carbocycles. The van der Waals surface area contributed by atoms with E-state index in [1.54, 1.807) is 12.4 Å². The van der Waals surface area contributed by atoms with Crippen LogP contribution in [0.3, 0.4) is 0 Å². The smallest absolute Gasteiger partial charge is 0.182 e. The van der Waals surface area contributed by atoms with E-state index in [0.717, 1.165) is 5.82 Å². The van der Waals surface area contributed by atoms with Gasteiger partial charge < -0.3 is 4.98 Å². The molecule has 6 heteroatoms. The van der Waals surface area contributed by atoms with E-state index in [2.05, 4.69) is 30.6 Å². The van der Waals surface area contributed by atoms with E-state index in [1.807, 2.05) is 0 Å². The minimum atomic E-state index is 0.587. The molecule has 0 saturated heterocycles. The number of H-pyrrole nitrogens is 2. The predicted octanol–water partition coefficient (Wildman–Crippen LogP) is -0.486. The van der Waals surface area contributed by atoms with E-state index in [1.165, 1.54) is 0 Å². The first-order chi connectivity index (χ1) is 5.45. The molecule has 0 amide bonds. The van der Waals surface area contributed by atoms with Crippen LogP contribution >= 0.6 is 0 Å². The number of tetrazole rings is 1. The summed E-state index contributed by atoms with van der Waals surface area (Å²) >= 11 is 0. The van der Waals surface area contributed by atoms with E-state index in [9.17, 15) is 0 Å². The molecule has 0 radical (unpaired) electrons. The normalized spacial score (nSPS) is 10.2. The van der Waals surface area contributed by atoms with Gasteiger partial charge in [0.25, 0.3) is 0 Å². The molecule has 0 unspecified atom stereocenters. The first-order valence-corrected chi connectivity index (χ1v) is 3.16. The number of aromatic nitrogens is 6. The Morgan fingerprint density at radius 2 is 2.45 bits per heavy atom. The van der Waals surface area contributed by atoms with Crippen LogP contribution in [0.15, 0.2) is 12.4 Å². The number of hydrogen-bond donors (Lipinski definition) is 2. The number of imidazole rings is 1. The Labute approximate surface area is 62.1 Å².